The molecule has 4 nitrogen and oxygen atoms in total. The summed E-state index contributed by atoms with van der Waals surface area (Å²) in [5.41, 5.74) is 13.3. The van der Waals surface area contributed by atoms with E-state index in [1.807, 2.05) is 6.07 Å². The van der Waals surface area contributed by atoms with Gasteiger partial charge in [-0.1, -0.05) is 140 Å². The molecule has 12 aromatic rings. The Balaban J connectivity index is 1.10. The summed E-state index contributed by atoms with van der Waals surface area (Å²) >= 11 is 0. The number of furan rings is 1. The molecule has 0 saturated carbocycles. The minimum absolute atomic E-state index is 0.624. The molecular weight excluding hydrogens is 707 g/mol. The van der Waals surface area contributed by atoms with E-state index in [1.54, 1.807) is 0 Å². The Labute approximate surface area is 333 Å². The molecule has 12 rings (SSSR count). The van der Waals surface area contributed by atoms with E-state index >= 15 is 0 Å². The van der Waals surface area contributed by atoms with Crippen LogP contribution in [-0.4, -0.2) is 14.5 Å². The van der Waals surface area contributed by atoms with Gasteiger partial charge in [-0.25, -0.2) is 9.97 Å². The van der Waals surface area contributed by atoms with Crippen LogP contribution in [0.4, 0.5) is 0 Å². The largest absolute Gasteiger partial charge is 0.455 e. The Bertz CT molecular complexity index is 3560. The van der Waals surface area contributed by atoms with Crippen molar-refractivity contribution in [3.8, 4) is 50.6 Å². The highest BCUT2D eigenvalue weighted by Gasteiger charge is 2.22. The lowest BCUT2D eigenvalue weighted by atomic mass is 9.94. The average molecular weight is 740 g/mol. The van der Waals surface area contributed by atoms with Crippen molar-refractivity contribution in [2.75, 3.05) is 0 Å². The third-order valence-electron chi connectivity index (χ3n) is 11.6. The summed E-state index contributed by atoms with van der Waals surface area (Å²) in [6, 6.07) is 70.8. The van der Waals surface area contributed by atoms with Crippen molar-refractivity contribution < 1.29 is 4.42 Å². The minimum atomic E-state index is 0.624. The van der Waals surface area contributed by atoms with Gasteiger partial charge >= 0.3 is 0 Å². The molecule has 0 saturated heterocycles. The van der Waals surface area contributed by atoms with Gasteiger partial charge in [-0.3, -0.25) is 0 Å². The van der Waals surface area contributed by atoms with Gasteiger partial charge in [-0.15, -0.1) is 0 Å². The van der Waals surface area contributed by atoms with Gasteiger partial charge in [0.2, 0.25) is 0 Å². The van der Waals surface area contributed by atoms with Crippen molar-refractivity contribution in [2.24, 2.45) is 0 Å². The summed E-state index contributed by atoms with van der Waals surface area (Å²) in [4.78, 5) is 10.7. The third-order valence-corrected chi connectivity index (χ3v) is 11.6. The van der Waals surface area contributed by atoms with Gasteiger partial charge in [0, 0.05) is 38.2 Å². The molecule has 0 atom stereocenters. The molecule has 9 aromatic carbocycles. The smallest absolute Gasteiger partial charge is 0.164 e. The van der Waals surface area contributed by atoms with Crippen LogP contribution in [0.15, 0.2) is 205 Å². The van der Waals surface area contributed by atoms with E-state index in [-0.39, 0.29) is 0 Å². The molecule has 3 aromatic heterocycles. The number of para-hydroxylation sites is 3. The first kappa shape index (κ1) is 32.4. The zero-order chi connectivity index (χ0) is 38.2. The molecule has 0 aliphatic rings. The first-order valence-corrected chi connectivity index (χ1v) is 19.7. The van der Waals surface area contributed by atoms with Crippen molar-refractivity contribution in [2.45, 2.75) is 0 Å². The summed E-state index contributed by atoms with van der Waals surface area (Å²) in [6.45, 7) is 0. The maximum Gasteiger partial charge on any atom is 0.164 e. The van der Waals surface area contributed by atoms with Gasteiger partial charge in [-0.05, 0) is 93.7 Å². The van der Waals surface area contributed by atoms with E-state index in [1.165, 1.54) is 32.8 Å². The molecule has 0 fully saturated rings. The van der Waals surface area contributed by atoms with E-state index in [0.29, 0.717) is 5.82 Å². The molecule has 270 valence electrons. The van der Waals surface area contributed by atoms with E-state index in [4.69, 9.17) is 14.4 Å². The molecule has 0 unspecified atom stereocenters. The van der Waals surface area contributed by atoms with Crippen LogP contribution in [0.2, 0.25) is 0 Å². The molecule has 0 aliphatic carbocycles. The molecule has 0 spiro atoms. The van der Waals surface area contributed by atoms with E-state index in [9.17, 15) is 0 Å². The van der Waals surface area contributed by atoms with Gasteiger partial charge in [0.25, 0.3) is 0 Å². The molecule has 0 radical (unpaired) electrons. The number of benzene rings is 9. The average Bonchev–Trinajstić information content (AvgIpc) is 3.83. The fourth-order valence-corrected chi connectivity index (χ4v) is 8.87. The zero-order valence-electron chi connectivity index (χ0n) is 31.3. The van der Waals surface area contributed by atoms with Crippen LogP contribution in [0.25, 0.3) is 116 Å². The normalized spacial score (nSPS) is 11.8. The van der Waals surface area contributed by atoms with E-state index in [0.717, 1.165) is 77.4 Å². The predicted octanol–water partition coefficient (Wildman–Crippen LogP) is 14.4. The van der Waals surface area contributed by atoms with Crippen LogP contribution in [0.5, 0.6) is 0 Å². The van der Waals surface area contributed by atoms with Crippen LogP contribution in [0.3, 0.4) is 0 Å². The number of hydrogen-bond donors (Lipinski definition) is 0. The summed E-state index contributed by atoms with van der Waals surface area (Å²) < 4.78 is 9.29. The maximum atomic E-state index is 6.95. The first-order chi connectivity index (χ1) is 28.7. The lowest BCUT2D eigenvalue weighted by Crippen LogP contribution is -1.96. The van der Waals surface area contributed by atoms with Crippen LogP contribution in [0, 0.1) is 0 Å². The van der Waals surface area contributed by atoms with Crippen molar-refractivity contribution in [1.82, 2.24) is 14.5 Å². The SMILES string of the molecule is c1ccc(-c2cccc(-c3ccc(-c4nc(-c5ccc6c(c5)c5ccccc5n6-c5ccccc5)c5ccccc5n4)c4oc5cc6ccccc6cc5c34)c2)cc1. The number of aromatic nitrogens is 3. The van der Waals surface area contributed by atoms with Crippen molar-refractivity contribution in [3.63, 3.8) is 0 Å². The van der Waals surface area contributed by atoms with Crippen LogP contribution < -0.4 is 0 Å². The van der Waals surface area contributed by atoms with Crippen molar-refractivity contribution in [3.05, 3.63) is 200 Å². The fraction of sp³-hybridized carbons (Fsp3) is 0. The van der Waals surface area contributed by atoms with Gasteiger partial charge < -0.3 is 8.98 Å². The lowest BCUT2D eigenvalue weighted by Gasteiger charge is -2.12. The predicted molar refractivity (Wildman–Crippen MR) is 240 cm³/mol. The molecule has 58 heavy (non-hydrogen) atoms. The topological polar surface area (TPSA) is 43.9 Å². The highest BCUT2D eigenvalue weighted by Crippen LogP contribution is 2.44. The Morgan fingerprint density at radius 2 is 1.07 bits per heavy atom. The molecule has 3 heterocycles. The van der Waals surface area contributed by atoms with Crippen molar-refractivity contribution >= 4 is 65.4 Å². The monoisotopic (exact) mass is 739 g/mol. The number of hydrogen-bond acceptors (Lipinski definition) is 3. The molecule has 4 heteroatoms. The summed E-state index contributed by atoms with van der Waals surface area (Å²) in [6.07, 6.45) is 0. The van der Waals surface area contributed by atoms with Gasteiger partial charge in [-0.2, -0.15) is 0 Å². The third kappa shape index (κ3) is 5.09. The molecule has 0 N–H and O–H groups in total. The molecule has 0 bridgehead atoms. The second-order valence-corrected chi connectivity index (χ2v) is 14.9. The van der Waals surface area contributed by atoms with Gasteiger partial charge in [0.1, 0.15) is 11.2 Å². The Morgan fingerprint density at radius 1 is 0.397 bits per heavy atom. The van der Waals surface area contributed by atoms with E-state index in [2.05, 4.69) is 199 Å². The van der Waals surface area contributed by atoms with Crippen LogP contribution in [-0.2, 0) is 0 Å². The first-order valence-electron chi connectivity index (χ1n) is 19.7. The Kier molecular flexibility index (Phi) is 7.20. The van der Waals surface area contributed by atoms with E-state index < -0.39 is 0 Å². The number of rotatable bonds is 5. The quantitative estimate of drug-likeness (QED) is 0.177. The van der Waals surface area contributed by atoms with Gasteiger partial charge in [0.05, 0.1) is 27.8 Å². The number of fused-ring (bicyclic) bond motifs is 8. The van der Waals surface area contributed by atoms with Crippen LogP contribution >= 0.6 is 0 Å². The molecule has 0 aliphatic heterocycles. The van der Waals surface area contributed by atoms with Gasteiger partial charge in [0.15, 0.2) is 5.82 Å². The summed E-state index contributed by atoms with van der Waals surface area (Å²) in [5, 5.41) is 7.80. The molecular formula is C54H33N3O. The minimum Gasteiger partial charge on any atom is -0.455 e. The number of nitrogens with zero attached hydrogens (tertiary/aromatic N) is 3. The van der Waals surface area contributed by atoms with Crippen molar-refractivity contribution in [1.29, 1.82) is 0 Å². The summed E-state index contributed by atoms with van der Waals surface area (Å²) in [7, 11) is 0. The second-order valence-electron chi connectivity index (χ2n) is 14.9. The Hall–Kier alpha value is -7.82. The Morgan fingerprint density at radius 3 is 1.93 bits per heavy atom. The second kappa shape index (κ2) is 12.9. The highest BCUT2D eigenvalue weighted by atomic mass is 16.3. The lowest BCUT2D eigenvalue weighted by molar-refractivity contribution is 0.670. The summed E-state index contributed by atoms with van der Waals surface area (Å²) in [5.74, 6) is 0.624. The zero-order valence-corrected chi connectivity index (χ0v) is 31.3. The standard InChI is InChI=1S/C54H33N3O/c1-3-14-34(15-4-1)35-18-13-19-38(30-35)41-27-28-44(53-51(41)46-31-36-16-7-8-17-37(36)33-50(46)58-53)54-55-47-24-11-9-23-43(47)52(56-54)39-26-29-49-45(32-39)42-22-10-12-25-48(42)57(49)40-20-5-2-6-21-40/h1-33H. The maximum absolute atomic E-state index is 6.95. The highest BCUT2D eigenvalue weighted by molar-refractivity contribution is 6.19. The molecule has 0 amide bonds. The fourth-order valence-electron chi connectivity index (χ4n) is 8.87. The van der Waals surface area contributed by atoms with Crippen LogP contribution in [0.1, 0.15) is 0 Å².